The Kier molecular flexibility index (Phi) is 13.8. The first kappa shape index (κ1) is 42.3. The number of hydrogen-bond donors (Lipinski definition) is 1. The Labute approximate surface area is 307 Å². The van der Waals surface area contributed by atoms with E-state index in [4.69, 9.17) is 42.5 Å². The molecule has 0 fully saturated rings. The quantitative estimate of drug-likeness (QED) is 0.0653. The fraction of sp³-hybridized carbons (Fsp3) is 0.156. The molecule has 4 aromatic carbocycles. The van der Waals surface area contributed by atoms with E-state index in [0.717, 1.165) is 60.7 Å². The van der Waals surface area contributed by atoms with E-state index in [-0.39, 0.29) is 39.7 Å². The summed E-state index contributed by atoms with van der Waals surface area (Å²) >= 11 is 11.5. The molecule has 0 saturated heterocycles. The summed E-state index contributed by atoms with van der Waals surface area (Å²) in [6.07, 6.45) is -9.18. The standard InChI is InChI=1S/C18H13ClF3NO7.C14H7ClF3NO5/c1-2-28-16(24)9-29-17(25)12-8-11(4-5-14(12)23(26)27)30-15-6-3-10(7-13(15)19)18(20,21)22;15-10-5-7(14(16,17)18)1-4-12(10)24-8-2-3-11(19(22)23)9(6-8)13(20)21/h3-8H,2,9H2,1H3;1-6H,(H,20,21). The molecule has 0 aromatic heterocycles. The van der Waals surface area contributed by atoms with Crippen LogP contribution in [0.1, 0.15) is 38.8 Å². The van der Waals surface area contributed by atoms with Crippen LogP contribution in [0.25, 0.3) is 0 Å². The van der Waals surface area contributed by atoms with Crippen LogP contribution in [-0.2, 0) is 26.6 Å². The summed E-state index contributed by atoms with van der Waals surface area (Å²) in [4.78, 5) is 54.7. The van der Waals surface area contributed by atoms with Gasteiger partial charge in [-0.1, -0.05) is 23.2 Å². The molecule has 14 nitrogen and oxygen atoms in total. The number of nitro benzene ring substituents is 2. The number of aromatic carboxylic acids is 1. The highest BCUT2D eigenvalue weighted by Crippen LogP contribution is 2.39. The maximum Gasteiger partial charge on any atom is 0.416 e. The Morgan fingerprint density at radius 2 is 1.11 bits per heavy atom. The van der Waals surface area contributed by atoms with Crippen molar-refractivity contribution in [2.75, 3.05) is 13.2 Å². The minimum atomic E-state index is -4.61. The van der Waals surface area contributed by atoms with E-state index in [1.807, 2.05) is 0 Å². The van der Waals surface area contributed by atoms with Gasteiger partial charge in [0.05, 0.1) is 37.6 Å². The molecule has 0 atom stereocenters. The van der Waals surface area contributed by atoms with Gasteiger partial charge in [0.15, 0.2) is 6.61 Å². The average molecular weight is 809 g/mol. The Morgan fingerprint density at radius 1 is 0.685 bits per heavy atom. The molecule has 0 aliphatic rings. The molecule has 0 bridgehead atoms. The van der Waals surface area contributed by atoms with E-state index in [2.05, 4.69) is 4.74 Å². The number of carbonyl (C=O) groups excluding carboxylic acids is 2. The molecule has 0 spiro atoms. The number of nitro groups is 2. The number of halogens is 8. The van der Waals surface area contributed by atoms with Crippen molar-refractivity contribution in [2.45, 2.75) is 19.3 Å². The number of carboxylic acid groups (broad SMARTS) is 1. The normalized spacial score (nSPS) is 11.1. The molecule has 54 heavy (non-hydrogen) atoms. The van der Waals surface area contributed by atoms with Gasteiger partial charge in [0.1, 0.15) is 34.1 Å². The first-order valence-electron chi connectivity index (χ1n) is 14.3. The van der Waals surface area contributed by atoms with Gasteiger partial charge < -0.3 is 24.1 Å². The predicted octanol–water partition coefficient (Wildman–Crippen LogP) is 9.54. The van der Waals surface area contributed by atoms with Gasteiger partial charge in [0.25, 0.3) is 11.4 Å². The summed E-state index contributed by atoms with van der Waals surface area (Å²) in [5, 5.41) is 30.2. The van der Waals surface area contributed by atoms with Gasteiger partial charge in [-0.05, 0) is 55.5 Å². The zero-order valence-electron chi connectivity index (χ0n) is 26.7. The number of hydrogen-bond acceptors (Lipinski definition) is 11. The molecule has 1 N–H and O–H groups in total. The van der Waals surface area contributed by atoms with Crippen molar-refractivity contribution >= 4 is 52.5 Å². The van der Waals surface area contributed by atoms with Gasteiger partial charge in [-0.25, -0.2) is 14.4 Å². The molecule has 4 aromatic rings. The number of carboxylic acids is 1. The van der Waals surface area contributed by atoms with E-state index in [1.54, 1.807) is 0 Å². The monoisotopic (exact) mass is 808 g/mol. The van der Waals surface area contributed by atoms with E-state index in [1.165, 1.54) is 6.92 Å². The maximum atomic E-state index is 12.7. The molecule has 286 valence electrons. The third-order valence-electron chi connectivity index (χ3n) is 6.38. The van der Waals surface area contributed by atoms with E-state index in [0.29, 0.717) is 12.1 Å². The number of benzene rings is 4. The predicted molar refractivity (Wildman–Crippen MR) is 173 cm³/mol. The van der Waals surface area contributed by atoms with Gasteiger partial charge in [-0.15, -0.1) is 0 Å². The summed E-state index contributed by atoms with van der Waals surface area (Å²) in [5.74, 6) is -4.19. The number of alkyl halides is 6. The zero-order valence-corrected chi connectivity index (χ0v) is 28.2. The lowest BCUT2D eigenvalue weighted by Crippen LogP contribution is -2.17. The van der Waals surface area contributed by atoms with Crippen molar-refractivity contribution in [2.24, 2.45) is 0 Å². The molecule has 0 unspecified atom stereocenters. The summed E-state index contributed by atoms with van der Waals surface area (Å²) in [6, 6.07) is 10.6. The van der Waals surface area contributed by atoms with Crippen LogP contribution in [0.15, 0.2) is 72.8 Å². The summed E-state index contributed by atoms with van der Waals surface area (Å²) in [6.45, 7) is 0.825. The molecule has 22 heteroatoms. The lowest BCUT2D eigenvalue weighted by molar-refractivity contribution is -0.385. The molecule has 0 aliphatic heterocycles. The van der Waals surface area contributed by atoms with Crippen LogP contribution in [-0.4, -0.2) is 46.1 Å². The molecule has 0 aliphatic carbocycles. The SMILES string of the molecule is CCOC(=O)COC(=O)c1cc(Oc2ccc(C(F)(F)F)cc2Cl)ccc1[N+](=O)[O-].O=C(O)c1cc(Oc2ccc(C(F)(F)F)cc2Cl)ccc1[N+](=O)[O-]. The van der Waals surface area contributed by atoms with Gasteiger partial charge in [-0.3, -0.25) is 20.2 Å². The minimum Gasteiger partial charge on any atom is -0.477 e. The van der Waals surface area contributed by atoms with Crippen molar-refractivity contribution in [1.29, 1.82) is 0 Å². The number of esters is 2. The van der Waals surface area contributed by atoms with Gasteiger partial charge in [0, 0.05) is 24.3 Å². The molecular formula is C32H20Cl2F6N2O12. The van der Waals surface area contributed by atoms with E-state index >= 15 is 0 Å². The lowest BCUT2D eigenvalue weighted by atomic mass is 10.1. The van der Waals surface area contributed by atoms with Crippen LogP contribution in [0.4, 0.5) is 37.7 Å². The number of carbonyl (C=O) groups is 3. The van der Waals surface area contributed by atoms with Crippen molar-refractivity contribution in [3.05, 3.63) is 125 Å². The van der Waals surface area contributed by atoms with Crippen molar-refractivity contribution in [3.8, 4) is 23.0 Å². The Bertz CT molecular complexity index is 2090. The molecule has 0 saturated carbocycles. The second-order valence-electron chi connectivity index (χ2n) is 10.0. The second-order valence-corrected chi connectivity index (χ2v) is 10.9. The third kappa shape index (κ3) is 11.4. The summed E-state index contributed by atoms with van der Waals surface area (Å²) < 4.78 is 95.7. The molecule has 0 heterocycles. The van der Waals surface area contributed by atoms with Crippen molar-refractivity contribution in [1.82, 2.24) is 0 Å². The van der Waals surface area contributed by atoms with E-state index < -0.39 is 80.3 Å². The highest BCUT2D eigenvalue weighted by atomic mass is 35.5. The second kappa shape index (κ2) is 17.6. The Morgan fingerprint density at radius 3 is 1.48 bits per heavy atom. The highest BCUT2D eigenvalue weighted by molar-refractivity contribution is 6.32. The maximum absolute atomic E-state index is 12.7. The van der Waals surface area contributed by atoms with Crippen molar-refractivity contribution in [3.63, 3.8) is 0 Å². The van der Waals surface area contributed by atoms with Crippen LogP contribution >= 0.6 is 23.2 Å². The largest absolute Gasteiger partial charge is 0.477 e. The zero-order chi connectivity index (χ0) is 40.5. The Hall–Kier alpha value is -6.15. The van der Waals surface area contributed by atoms with Crippen molar-refractivity contribution < 1.29 is 74.6 Å². The Balaban J connectivity index is 0.000000297. The van der Waals surface area contributed by atoms with Gasteiger partial charge >= 0.3 is 30.3 Å². The molecule has 4 rings (SSSR count). The first-order chi connectivity index (χ1) is 25.1. The van der Waals surface area contributed by atoms with Crippen LogP contribution < -0.4 is 9.47 Å². The number of ether oxygens (including phenoxy) is 4. The molecule has 0 amide bonds. The fourth-order valence-electron chi connectivity index (χ4n) is 3.99. The van der Waals surface area contributed by atoms with Crippen LogP contribution in [0.2, 0.25) is 10.0 Å². The molecular weight excluding hydrogens is 789 g/mol. The van der Waals surface area contributed by atoms with Crippen LogP contribution in [0.5, 0.6) is 23.0 Å². The summed E-state index contributed by atoms with van der Waals surface area (Å²) in [5.41, 5.74) is -4.41. The van der Waals surface area contributed by atoms with E-state index in [9.17, 15) is 61.0 Å². The summed E-state index contributed by atoms with van der Waals surface area (Å²) in [7, 11) is 0. The van der Waals surface area contributed by atoms with Gasteiger partial charge in [-0.2, -0.15) is 26.3 Å². The fourth-order valence-corrected chi connectivity index (χ4v) is 4.43. The highest BCUT2D eigenvalue weighted by Gasteiger charge is 2.32. The van der Waals surface area contributed by atoms with Gasteiger partial charge in [0.2, 0.25) is 0 Å². The topological polar surface area (TPSA) is 195 Å². The minimum absolute atomic E-state index is 0.0493. The smallest absolute Gasteiger partial charge is 0.416 e. The number of nitrogens with zero attached hydrogens (tertiary/aromatic N) is 2. The number of rotatable bonds is 11. The first-order valence-corrected chi connectivity index (χ1v) is 15.1. The molecule has 0 radical (unpaired) electrons. The van der Waals surface area contributed by atoms with Crippen LogP contribution in [0, 0.1) is 20.2 Å². The van der Waals surface area contributed by atoms with Crippen LogP contribution in [0.3, 0.4) is 0 Å². The lowest BCUT2D eigenvalue weighted by Gasteiger charge is -2.12. The average Bonchev–Trinajstić information content (AvgIpc) is 3.08. The third-order valence-corrected chi connectivity index (χ3v) is 6.97.